The second-order valence-corrected chi connectivity index (χ2v) is 10.2. The molecule has 0 spiro atoms. The predicted molar refractivity (Wildman–Crippen MR) is 137 cm³/mol. The van der Waals surface area contributed by atoms with E-state index >= 15 is 0 Å². The summed E-state index contributed by atoms with van der Waals surface area (Å²) in [5.41, 5.74) is 2.22. The zero-order valence-electron chi connectivity index (χ0n) is 20.8. The van der Waals surface area contributed by atoms with Gasteiger partial charge >= 0.3 is 16.4 Å². The maximum Gasteiger partial charge on any atom is 0.413 e. The number of nitrogens with two attached hydrogens (primary N) is 1. The van der Waals surface area contributed by atoms with Gasteiger partial charge in [0.15, 0.2) is 29.5 Å². The third-order valence-electron chi connectivity index (χ3n) is 6.38. The summed E-state index contributed by atoms with van der Waals surface area (Å²) < 4.78 is 53.1. The Morgan fingerprint density at radius 3 is 2.45 bits per heavy atom. The topological polar surface area (TPSA) is 179 Å². The molecule has 2 fully saturated rings. The molecule has 0 aliphatic carbocycles. The molecule has 6 rings (SSSR count). The van der Waals surface area contributed by atoms with Crippen molar-refractivity contribution in [3.63, 3.8) is 0 Å². The van der Waals surface area contributed by atoms with E-state index in [4.69, 9.17) is 28.3 Å². The average molecular weight is 569 g/mol. The molecule has 208 valence electrons. The van der Waals surface area contributed by atoms with Crippen molar-refractivity contribution in [2.75, 3.05) is 11.9 Å². The molecule has 3 N–H and O–H groups in total. The van der Waals surface area contributed by atoms with Crippen molar-refractivity contribution in [2.24, 2.45) is 5.14 Å². The van der Waals surface area contributed by atoms with Gasteiger partial charge in [-0.3, -0.25) is 14.1 Å². The lowest BCUT2D eigenvalue weighted by atomic mass is 10.1. The lowest BCUT2D eigenvalue weighted by molar-refractivity contribution is -0.151. The van der Waals surface area contributed by atoms with Gasteiger partial charge in [-0.05, 0) is 5.56 Å². The first-order chi connectivity index (χ1) is 19.4. The van der Waals surface area contributed by atoms with Crippen molar-refractivity contribution >= 4 is 33.4 Å². The molecule has 5 atom stereocenters. The van der Waals surface area contributed by atoms with Gasteiger partial charge in [-0.1, -0.05) is 60.7 Å². The molecule has 1 unspecified atom stereocenters. The van der Waals surface area contributed by atoms with Crippen LogP contribution in [0.5, 0.6) is 0 Å². The minimum Gasteiger partial charge on any atom is -0.444 e. The highest BCUT2D eigenvalue weighted by Gasteiger charge is 2.54. The number of rotatable bonds is 8. The molecule has 40 heavy (non-hydrogen) atoms. The number of hydrogen-bond acceptors (Lipinski definition) is 11. The summed E-state index contributed by atoms with van der Waals surface area (Å²) in [6, 6.07) is 18.5. The molecule has 0 saturated carbocycles. The summed E-state index contributed by atoms with van der Waals surface area (Å²) in [4.78, 5) is 25.3. The van der Waals surface area contributed by atoms with Gasteiger partial charge < -0.3 is 18.9 Å². The van der Waals surface area contributed by atoms with Crippen LogP contribution in [0.2, 0.25) is 0 Å². The number of fused-ring (bicyclic) bond motifs is 2. The Balaban J connectivity index is 1.24. The summed E-state index contributed by atoms with van der Waals surface area (Å²) in [5.74, 6) is 0.135. The zero-order valence-corrected chi connectivity index (χ0v) is 21.6. The number of hydrogen-bond donors (Lipinski definition) is 2. The van der Waals surface area contributed by atoms with Crippen LogP contribution in [-0.2, 0) is 40.0 Å². The largest absolute Gasteiger partial charge is 0.444 e. The van der Waals surface area contributed by atoms with Gasteiger partial charge in [0, 0.05) is 5.56 Å². The zero-order chi connectivity index (χ0) is 27.7. The SMILES string of the molecule is NS(=O)(=O)OC[C@H]1O[C@@H](n2cnc3c(NC(=O)OCc4ccccc4)ncnc32)[C@@H]2OC(c3ccccc3)O[C@@H]21. The molecular weight excluding hydrogens is 544 g/mol. The second-order valence-electron chi connectivity index (χ2n) is 9.02. The van der Waals surface area contributed by atoms with E-state index in [1.807, 2.05) is 60.7 Å². The molecule has 2 aliphatic rings. The fraction of sp³-hybridized carbons (Fsp3) is 0.280. The van der Waals surface area contributed by atoms with Crippen LogP contribution in [0.15, 0.2) is 73.3 Å². The molecule has 0 bridgehead atoms. The van der Waals surface area contributed by atoms with Crippen LogP contribution in [0.1, 0.15) is 23.6 Å². The number of ether oxygens (including phenoxy) is 4. The number of amides is 1. The Bertz CT molecular complexity index is 1600. The van der Waals surface area contributed by atoms with Gasteiger partial charge in [0.05, 0.1) is 12.9 Å². The highest BCUT2D eigenvalue weighted by atomic mass is 32.2. The quantitative estimate of drug-likeness (QED) is 0.318. The summed E-state index contributed by atoms with van der Waals surface area (Å²) in [7, 11) is -4.22. The number of benzene rings is 2. The molecule has 2 saturated heterocycles. The fourth-order valence-corrected chi connectivity index (χ4v) is 4.93. The van der Waals surface area contributed by atoms with E-state index in [9.17, 15) is 13.2 Å². The van der Waals surface area contributed by atoms with Gasteiger partial charge in [0.1, 0.15) is 31.2 Å². The van der Waals surface area contributed by atoms with E-state index in [0.29, 0.717) is 5.65 Å². The summed E-state index contributed by atoms with van der Waals surface area (Å²) in [6.45, 7) is -0.306. The lowest BCUT2D eigenvalue weighted by Gasteiger charge is -2.21. The van der Waals surface area contributed by atoms with Crippen LogP contribution in [0, 0.1) is 0 Å². The number of carbonyl (C=O) groups is 1. The number of nitrogens with zero attached hydrogens (tertiary/aromatic N) is 4. The van der Waals surface area contributed by atoms with Crippen LogP contribution in [0.4, 0.5) is 10.6 Å². The van der Waals surface area contributed by atoms with E-state index in [1.54, 1.807) is 4.57 Å². The van der Waals surface area contributed by atoms with Crippen LogP contribution in [0.3, 0.4) is 0 Å². The van der Waals surface area contributed by atoms with Crippen LogP contribution in [-0.4, -0.2) is 58.9 Å². The standard InChI is InChI=1S/C25H24N6O8S/c26-40(33,34)36-12-17-19-20(39-24(38-19)16-9-5-2-6-10-16)23(37-17)31-14-29-18-21(27-13-28-22(18)31)30-25(32)35-11-15-7-3-1-4-8-15/h1-10,13-14,17,19-20,23-24H,11-12H2,(H2,26,33,34)(H,27,28,30,32)/t17-,19-,20-,23-,24?/m1/s1. The Kier molecular flexibility index (Phi) is 7.14. The van der Waals surface area contributed by atoms with Gasteiger partial charge in [-0.2, -0.15) is 8.42 Å². The molecule has 1 amide bonds. The summed E-state index contributed by atoms with van der Waals surface area (Å²) in [5, 5.41) is 7.62. The average Bonchev–Trinajstić information content (AvgIpc) is 3.66. The maximum absolute atomic E-state index is 12.4. The molecule has 2 aromatic carbocycles. The van der Waals surface area contributed by atoms with Crippen molar-refractivity contribution in [3.8, 4) is 0 Å². The summed E-state index contributed by atoms with van der Waals surface area (Å²) in [6.07, 6.45) is -1.75. The normalized spacial score (nSPS) is 24.2. The Labute approximate surface area is 228 Å². The van der Waals surface area contributed by atoms with Gasteiger partial charge in [-0.15, -0.1) is 0 Å². The number of anilines is 1. The Morgan fingerprint density at radius 1 is 0.975 bits per heavy atom. The Hall–Kier alpha value is -3.99. The minimum atomic E-state index is -4.22. The first kappa shape index (κ1) is 26.2. The van der Waals surface area contributed by atoms with E-state index < -0.39 is 47.2 Å². The van der Waals surface area contributed by atoms with E-state index in [-0.39, 0.29) is 24.5 Å². The second kappa shape index (κ2) is 10.9. The third-order valence-corrected chi connectivity index (χ3v) is 6.85. The Morgan fingerprint density at radius 2 is 1.70 bits per heavy atom. The van der Waals surface area contributed by atoms with E-state index in [0.717, 1.165) is 11.1 Å². The maximum atomic E-state index is 12.4. The fourth-order valence-electron chi connectivity index (χ4n) is 4.61. The number of imidazole rings is 1. The van der Waals surface area contributed by atoms with Gasteiger partial charge in [-0.25, -0.2) is 24.9 Å². The lowest BCUT2D eigenvalue weighted by Crippen LogP contribution is -2.33. The van der Waals surface area contributed by atoms with Crippen molar-refractivity contribution in [3.05, 3.63) is 84.4 Å². The molecule has 2 aliphatic heterocycles. The number of nitrogens with one attached hydrogen (secondary N) is 1. The van der Waals surface area contributed by atoms with Crippen LogP contribution < -0.4 is 10.5 Å². The molecule has 4 heterocycles. The minimum absolute atomic E-state index is 0.0796. The predicted octanol–water partition coefficient (Wildman–Crippen LogP) is 2.18. The highest BCUT2D eigenvalue weighted by molar-refractivity contribution is 7.84. The smallest absolute Gasteiger partial charge is 0.413 e. The number of carbonyl (C=O) groups excluding carboxylic acids is 1. The van der Waals surface area contributed by atoms with Gasteiger partial charge in [0.2, 0.25) is 0 Å². The third kappa shape index (κ3) is 5.51. The highest BCUT2D eigenvalue weighted by Crippen LogP contribution is 2.45. The number of aromatic nitrogens is 4. The van der Waals surface area contributed by atoms with Crippen LogP contribution >= 0.6 is 0 Å². The first-order valence-corrected chi connectivity index (χ1v) is 13.7. The molecule has 2 aromatic heterocycles. The molecule has 4 aromatic rings. The van der Waals surface area contributed by atoms with Crippen molar-refractivity contribution < 1.29 is 36.3 Å². The summed E-state index contributed by atoms with van der Waals surface area (Å²) >= 11 is 0. The van der Waals surface area contributed by atoms with Gasteiger partial charge in [0.25, 0.3) is 0 Å². The van der Waals surface area contributed by atoms with Crippen molar-refractivity contribution in [2.45, 2.75) is 37.4 Å². The van der Waals surface area contributed by atoms with E-state index in [2.05, 4.69) is 20.3 Å². The van der Waals surface area contributed by atoms with Crippen molar-refractivity contribution in [1.82, 2.24) is 19.5 Å². The monoisotopic (exact) mass is 568 g/mol. The molecule has 0 radical (unpaired) electrons. The molecule has 15 heteroatoms. The molecular formula is C25H24N6O8S. The van der Waals surface area contributed by atoms with Crippen molar-refractivity contribution in [1.29, 1.82) is 0 Å². The first-order valence-electron chi connectivity index (χ1n) is 12.2. The van der Waals surface area contributed by atoms with Crippen LogP contribution in [0.25, 0.3) is 11.2 Å². The molecule has 14 nitrogen and oxygen atoms in total. The van der Waals surface area contributed by atoms with E-state index in [1.165, 1.54) is 12.7 Å².